The second-order valence-corrected chi connectivity index (χ2v) is 3.73. The summed E-state index contributed by atoms with van der Waals surface area (Å²) in [5.74, 6) is -2.68. The van der Waals surface area contributed by atoms with Gasteiger partial charge in [0.05, 0.1) is 17.8 Å². The maximum atomic E-state index is 13.5. The second-order valence-electron chi connectivity index (χ2n) is 3.73. The Balaban J connectivity index is 2.22. The molecule has 0 fully saturated rings. The average molecular weight is 251 g/mol. The first kappa shape index (κ1) is 12.1. The van der Waals surface area contributed by atoms with E-state index in [2.05, 4.69) is 10.3 Å². The number of halogens is 2. The number of carbonyl (C=O) groups excluding carboxylic acids is 1. The first-order valence-corrected chi connectivity index (χ1v) is 5.23. The van der Waals surface area contributed by atoms with Crippen molar-refractivity contribution in [1.29, 1.82) is 0 Å². The Kier molecular flexibility index (Phi) is 3.27. The van der Waals surface area contributed by atoms with Gasteiger partial charge in [-0.2, -0.15) is 0 Å². The number of nitrogens with one attached hydrogen (secondary N) is 2. The van der Waals surface area contributed by atoms with Crippen molar-refractivity contribution in [3.05, 3.63) is 53.4 Å². The number of hydrogen-bond donors (Lipinski definition) is 3. The first-order valence-electron chi connectivity index (χ1n) is 5.23. The lowest BCUT2D eigenvalue weighted by Gasteiger charge is -2.08. The molecule has 1 aromatic heterocycles. The quantitative estimate of drug-likeness (QED) is 0.777. The highest BCUT2D eigenvalue weighted by molar-refractivity contribution is 5.94. The molecule has 1 heterocycles. The number of aromatic nitrogens is 1. The molecule has 18 heavy (non-hydrogen) atoms. The van der Waals surface area contributed by atoms with Gasteiger partial charge in [-0.15, -0.1) is 0 Å². The molecule has 1 amide bonds. The number of benzene rings is 1. The predicted molar refractivity (Wildman–Crippen MR) is 63.0 cm³/mol. The van der Waals surface area contributed by atoms with Crippen molar-refractivity contribution in [2.45, 2.75) is 6.54 Å². The van der Waals surface area contributed by atoms with Gasteiger partial charge in [0.15, 0.2) is 0 Å². The molecule has 0 bridgehead atoms. The van der Waals surface area contributed by atoms with Gasteiger partial charge in [-0.25, -0.2) is 8.78 Å². The SMILES string of the molecule is NC(=O)c1cc(NCc2ccc[nH]2)c(F)cc1F. The van der Waals surface area contributed by atoms with E-state index in [4.69, 9.17) is 5.73 Å². The van der Waals surface area contributed by atoms with E-state index in [1.807, 2.05) is 6.07 Å². The van der Waals surface area contributed by atoms with Crippen molar-refractivity contribution in [3.8, 4) is 0 Å². The summed E-state index contributed by atoms with van der Waals surface area (Å²) in [5.41, 5.74) is 5.51. The fourth-order valence-corrected chi connectivity index (χ4v) is 1.54. The van der Waals surface area contributed by atoms with Crippen molar-refractivity contribution in [2.75, 3.05) is 5.32 Å². The lowest BCUT2D eigenvalue weighted by Crippen LogP contribution is -2.14. The van der Waals surface area contributed by atoms with Crippen LogP contribution in [0.15, 0.2) is 30.5 Å². The largest absolute Gasteiger partial charge is 0.377 e. The Labute approximate surface area is 102 Å². The molecule has 0 radical (unpaired) electrons. The zero-order valence-corrected chi connectivity index (χ0v) is 9.34. The topological polar surface area (TPSA) is 70.9 Å². The molecule has 6 heteroatoms. The summed E-state index contributed by atoms with van der Waals surface area (Å²) in [5, 5.41) is 2.76. The molecule has 0 saturated carbocycles. The van der Waals surface area contributed by atoms with Crippen LogP contribution < -0.4 is 11.1 Å². The van der Waals surface area contributed by atoms with Crippen LogP contribution in [0, 0.1) is 11.6 Å². The zero-order valence-electron chi connectivity index (χ0n) is 9.34. The number of nitrogens with two attached hydrogens (primary N) is 1. The van der Waals surface area contributed by atoms with Crippen LogP contribution in [0.4, 0.5) is 14.5 Å². The first-order chi connectivity index (χ1) is 8.58. The highest BCUT2D eigenvalue weighted by Crippen LogP contribution is 2.19. The van der Waals surface area contributed by atoms with E-state index >= 15 is 0 Å². The minimum Gasteiger partial charge on any atom is -0.377 e. The molecule has 1 aromatic carbocycles. The Morgan fingerprint density at radius 2 is 2.11 bits per heavy atom. The van der Waals surface area contributed by atoms with Gasteiger partial charge in [0.1, 0.15) is 11.6 Å². The molecule has 2 rings (SSSR count). The molecule has 0 aliphatic carbocycles. The lowest BCUT2D eigenvalue weighted by atomic mass is 10.1. The molecule has 0 saturated heterocycles. The molecule has 2 aromatic rings. The van der Waals surface area contributed by atoms with E-state index in [1.54, 1.807) is 12.3 Å². The van der Waals surface area contributed by atoms with Gasteiger partial charge in [-0.05, 0) is 18.2 Å². The Hall–Kier alpha value is -2.37. The summed E-state index contributed by atoms with van der Waals surface area (Å²) in [6.07, 6.45) is 1.73. The Morgan fingerprint density at radius 1 is 1.33 bits per heavy atom. The van der Waals surface area contributed by atoms with Gasteiger partial charge in [0.25, 0.3) is 5.91 Å². The highest BCUT2D eigenvalue weighted by Gasteiger charge is 2.13. The monoisotopic (exact) mass is 251 g/mol. The Morgan fingerprint density at radius 3 is 2.72 bits per heavy atom. The number of rotatable bonds is 4. The summed E-state index contributed by atoms with van der Waals surface area (Å²) in [7, 11) is 0. The van der Waals surface area contributed by atoms with Crippen LogP contribution in [0.2, 0.25) is 0 Å². The van der Waals surface area contributed by atoms with Gasteiger partial charge >= 0.3 is 0 Å². The lowest BCUT2D eigenvalue weighted by molar-refractivity contribution is 0.0996. The fraction of sp³-hybridized carbons (Fsp3) is 0.0833. The maximum Gasteiger partial charge on any atom is 0.251 e. The standard InChI is InChI=1S/C12H11F2N3O/c13-9-5-10(14)11(4-8(9)12(15)18)17-6-7-2-1-3-16-7/h1-5,16-17H,6H2,(H2,15,18). The fourth-order valence-electron chi connectivity index (χ4n) is 1.54. The van der Waals surface area contributed by atoms with Crippen LogP contribution in [-0.4, -0.2) is 10.9 Å². The molecular formula is C12H11F2N3O. The van der Waals surface area contributed by atoms with E-state index in [9.17, 15) is 13.6 Å². The van der Waals surface area contributed by atoms with Crippen LogP contribution in [0.5, 0.6) is 0 Å². The average Bonchev–Trinajstić information content (AvgIpc) is 2.80. The summed E-state index contributed by atoms with van der Waals surface area (Å²) in [6, 6.07) is 5.31. The molecule has 0 aliphatic rings. The third-order valence-electron chi connectivity index (χ3n) is 2.45. The normalized spacial score (nSPS) is 10.3. The third-order valence-corrected chi connectivity index (χ3v) is 2.45. The van der Waals surface area contributed by atoms with Crippen LogP contribution >= 0.6 is 0 Å². The van der Waals surface area contributed by atoms with Crippen LogP contribution in [0.3, 0.4) is 0 Å². The molecular weight excluding hydrogens is 240 g/mol. The third kappa shape index (κ3) is 2.48. The number of H-pyrrole nitrogens is 1. The summed E-state index contributed by atoms with van der Waals surface area (Å²) in [6.45, 7) is 0.327. The number of hydrogen-bond acceptors (Lipinski definition) is 2. The van der Waals surface area contributed by atoms with Gasteiger partial charge in [-0.1, -0.05) is 0 Å². The summed E-state index contributed by atoms with van der Waals surface area (Å²) >= 11 is 0. The van der Waals surface area contributed by atoms with E-state index in [-0.39, 0.29) is 11.3 Å². The van der Waals surface area contributed by atoms with Crippen LogP contribution in [-0.2, 0) is 6.54 Å². The second kappa shape index (κ2) is 4.87. The molecule has 0 aliphatic heterocycles. The minimum absolute atomic E-state index is 0.0276. The van der Waals surface area contributed by atoms with E-state index < -0.39 is 17.5 Å². The van der Waals surface area contributed by atoms with Crippen LogP contribution in [0.1, 0.15) is 16.1 Å². The van der Waals surface area contributed by atoms with Gasteiger partial charge in [0.2, 0.25) is 0 Å². The van der Waals surface area contributed by atoms with Gasteiger partial charge < -0.3 is 16.0 Å². The van der Waals surface area contributed by atoms with E-state index in [0.29, 0.717) is 12.6 Å². The zero-order chi connectivity index (χ0) is 13.1. The Bertz CT molecular complexity index is 567. The number of aromatic amines is 1. The molecule has 94 valence electrons. The minimum atomic E-state index is -0.967. The van der Waals surface area contributed by atoms with E-state index in [1.165, 1.54) is 0 Å². The molecule has 4 nitrogen and oxygen atoms in total. The molecule has 0 atom stereocenters. The van der Waals surface area contributed by atoms with Gasteiger partial charge in [-0.3, -0.25) is 4.79 Å². The predicted octanol–water partition coefficient (Wildman–Crippen LogP) is 2.00. The summed E-state index contributed by atoms with van der Waals surface area (Å²) in [4.78, 5) is 13.9. The maximum absolute atomic E-state index is 13.5. The van der Waals surface area contributed by atoms with Crippen molar-refractivity contribution in [1.82, 2.24) is 4.98 Å². The number of primary amides is 1. The molecule has 0 unspecified atom stereocenters. The smallest absolute Gasteiger partial charge is 0.251 e. The summed E-state index contributed by atoms with van der Waals surface area (Å²) < 4.78 is 26.7. The highest BCUT2D eigenvalue weighted by atomic mass is 19.1. The van der Waals surface area contributed by atoms with Crippen molar-refractivity contribution in [3.63, 3.8) is 0 Å². The molecule has 0 spiro atoms. The number of amides is 1. The number of anilines is 1. The molecule has 4 N–H and O–H groups in total. The number of carbonyl (C=O) groups is 1. The van der Waals surface area contributed by atoms with Crippen molar-refractivity contribution in [2.24, 2.45) is 5.73 Å². The van der Waals surface area contributed by atoms with E-state index in [0.717, 1.165) is 11.8 Å². The van der Waals surface area contributed by atoms with Crippen LogP contribution in [0.25, 0.3) is 0 Å². The van der Waals surface area contributed by atoms with Gasteiger partial charge in [0, 0.05) is 18.0 Å². The van der Waals surface area contributed by atoms with Crippen molar-refractivity contribution >= 4 is 11.6 Å². The van der Waals surface area contributed by atoms with Crippen molar-refractivity contribution < 1.29 is 13.6 Å².